The monoisotopic (exact) mass is 627 g/mol. The summed E-state index contributed by atoms with van der Waals surface area (Å²) in [5.74, 6) is -0.944. The van der Waals surface area contributed by atoms with Gasteiger partial charge in [-0.2, -0.15) is 0 Å². The van der Waals surface area contributed by atoms with Gasteiger partial charge in [-0.1, -0.05) is 35.9 Å². The van der Waals surface area contributed by atoms with Crippen LogP contribution in [0.15, 0.2) is 70.7 Å². The second-order valence-electron chi connectivity index (χ2n) is 8.36. The summed E-state index contributed by atoms with van der Waals surface area (Å²) in [4.78, 5) is 39.7. The summed E-state index contributed by atoms with van der Waals surface area (Å²) in [6.07, 6.45) is 1.44. The van der Waals surface area contributed by atoms with Crippen LogP contribution in [0.3, 0.4) is 0 Å². The molecule has 0 saturated carbocycles. The predicted octanol–water partition coefficient (Wildman–Crippen LogP) is 5.66. The molecule has 0 spiro atoms. The third-order valence-electron chi connectivity index (χ3n) is 5.56. The number of carbonyl (C=O) groups excluding carboxylic acids is 3. The molecule has 1 saturated heterocycles. The van der Waals surface area contributed by atoms with Crippen LogP contribution in [0.1, 0.15) is 18.1 Å². The minimum atomic E-state index is -0.612. The normalized spacial score (nSPS) is 14.3. The molecule has 1 heterocycles. The highest BCUT2D eigenvalue weighted by Gasteiger charge is 2.34. The lowest BCUT2D eigenvalue weighted by Crippen LogP contribution is -2.54. The Morgan fingerprint density at radius 2 is 1.87 bits per heavy atom. The van der Waals surface area contributed by atoms with Crippen LogP contribution >= 0.6 is 39.7 Å². The Bertz CT molecular complexity index is 1500. The number of anilines is 2. The molecule has 2 N–H and O–H groups in total. The number of nitrogens with zero attached hydrogens (tertiary/aromatic N) is 1. The van der Waals surface area contributed by atoms with E-state index in [4.69, 9.17) is 33.3 Å². The van der Waals surface area contributed by atoms with E-state index in [1.165, 1.54) is 11.0 Å². The molecule has 0 bridgehead atoms. The summed E-state index contributed by atoms with van der Waals surface area (Å²) < 4.78 is 12.0. The number of halogens is 2. The van der Waals surface area contributed by atoms with Gasteiger partial charge in [-0.3, -0.25) is 24.6 Å². The van der Waals surface area contributed by atoms with Crippen molar-refractivity contribution in [2.45, 2.75) is 13.8 Å². The predicted molar refractivity (Wildman–Crippen MR) is 158 cm³/mol. The standard InChI is InChI=1S/C28H23BrClN3O5S/c1-3-37-23-13-17(11-20-26(35)32-28(39)33(27(20)36)19-7-5-4-6-8-19)12-21(29)25(23)38-15-24(34)31-18-10-9-16(2)22(30)14-18/h4-14H,3,15H2,1-2H3,(H,31,34)(H,32,35,39)/b20-11-. The zero-order valence-electron chi connectivity index (χ0n) is 20.9. The van der Waals surface area contributed by atoms with E-state index in [9.17, 15) is 14.4 Å². The van der Waals surface area contributed by atoms with Crippen LogP contribution in [0.4, 0.5) is 11.4 Å². The van der Waals surface area contributed by atoms with E-state index >= 15 is 0 Å². The molecular formula is C28H23BrClN3O5S. The zero-order valence-corrected chi connectivity index (χ0v) is 24.1. The number of hydrogen-bond acceptors (Lipinski definition) is 6. The smallest absolute Gasteiger partial charge is 0.270 e. The van der Waals surface area contributed by atoms with Crippen molar-refractivity contribution in [1.29, 1.82) is 0 Å². The molecule has 1 aliphatic rings. The van der Waals surface area contributed by atoms with E-state index in [0.717, 1.165) is 5.56 Å². The number of aryl methyl sites for hydroxylation is 1. The fourth-order valence-corrected chi connectivity index (χ4v) is 4.75. The second kappa shape index (κ2) is 12.4. The summed E-state index contributed by atoms with van der Waals surface area (Å²) in [6, 6.07) is 17.3. The molecule has 0 atom stereocenters. The minimum Gasteiger partial charge on any atom is -0.490 e. The number of ether oxygens (including phenoxy) is 2. The number of para-hydroxylation sites is 1. The van der Waals surface area contributed by atoms with Crippen molar-refractivity contribution >= 4 is 80.0 Å². The molecule has 3 aromatic rings. The number of rotatable bonds is 8. The maximum Gasteiger partial charge on any atom is 0.270 e. The van der Waals surface area contributed by atoms with Gasteiger partial charge < -0.3 is 14.8 Å². The molecule has 11 heteroatoms. The van der Waals surface area contributed by atoms with Gasteiger partial charge in [0, 0.05) is 10.7 Å². The molecule has 39 heavy (non-hydrogen) atoms. The summed E-state index contributed by atoms with van der Waals surface area (Å²) in [6.45, 7) is 3.68. The van der Waals surface area contributed by atoms with Gasteiger partial charge in [0.1, 0.15) is 5.57 Å². The number of benzene rings is 3. The number of nitrogens with one attached hydrogen (secondary N) is 2. The topological polar surface area (TPSA) is 97.0 Å². The van der Waals surface area contributed by atoms with Crippen LogP contribution in [0.5, 0.6) is 11.5 Å². The van der Waals surface area contributed by atoms with E-state index < -0.39 is 17.7 Å². The number of thiocarbonyl (C=S) groups is 1. The second-order valence-corrected chi connectivity index (χ2v) is 10.0. The molecule has 3 amide bonds. The van der Waals surface area contributed by atoms with Gasteiger partial charge in [0.25, 0.3) is 17.7 Å². The molecule has 200 valence electrons. The third kappa shape index (κ3) is 6.65. The lowest BCUT2D eigenvalue weighted by Gasteiger charge is -2.28. The van der Waals surface area contributed by atoms with Gasteiger partial charge in [-0.05, 0) is 95.6 Å². The van der Waals surface area contributed by atoms with Crippen molar-refractivity contribution in [3.63, 3.8) is 0 Å². The lowest BCUT2D eigenvalue weighted by molar-refractivity contribution is -0.122. The Balaban J connectivity index is 1.56. The van der Waals surface area contributed by atoms with Gasteiger partial charge in [0.2, 0.25) is 0 Å². The third-order valence-corrected chi connectivity index (χ3v) is 6.84. The van der Waals surface area contributed by atoms with Crippen LogP contribution in [0.2, 0.25) is 5.02 Å². The first-order valence-electron chi connectivity index (χ1n) is 11.8. The minimum absolute atomic E-state index is 0.000492. The molecule has 1 aliphatic heterocycles. The van der Waals surface area contributed by atoms with E-state index in [0.29, 0.717) is 44.5 Å². The molecule has 0 unspecified atom stereocenters. The Hall–Kier alpha value is -3.73. The van der Waals surface area contributed by atoms with Crippen molar-refractivity contribution < 1.29 is 23.9 Å². The molecule has 4 rings (SSSR count). The number of amides is 3. The van der Waals surface area contributed by atoms with Crippen LogP contribution in [-0.4, -0.2) is 36.0 Å². The molecular weight excluding hydrogens is 606 g/mol. The molecule has 0 aromatic heterocycles. The maximum absolute atomic E-state index is 13.3. The van der Waals surface area contributed by atoms with Gasteiger partial charge in [0.05, 0.1) is 16.8 Å². The first-order chi connectivity index (χ1) is 18.7. The fraction of sp³-hybridized carbons (Fsp3) is 0.143. The van der Waals surface area contributed by atoms with Gasteiger partial charge in [0.15, 0.2) is 23.2 Å². The van der Waals surface area contributed by atoms with Crippen molar-refractivity contribution in [3.05, 3.63) is 86.9 Å². The highest BCUT2D eigenvalue weighted by molar-refractivity contribution is 9.10. The first kappa shape index (κ1) is 28.3. The van der Waals surface area contributed by atoms with Crippen LogP contribution < -0.4 is 25.0 Å². The molecule has 8 nitrogen and oxygen atoms in total. The maximum atomic E-state index is 13.3. The van der Waals surface area contributed by atoms with Gasteiger partial charge in [-0.15, -0.1) is 0 Å². The Labute approximate surface area is 244 Å². The Morgan fingerprint density at radius 1 is 1.13 bits per heavy atom. The summed E-state index contributed by atoms with van der Waals surface area (Å²) in [5.41, 5.74) is 2.37. The summed E-state index contributed by atoms with van der Waals surface area (Å²) in [7, 11) is 0. The average Bonchev–Trinajstić information content (AvgIpc) is 2.89. The summed E-state index contributed by atoms with van der Waals surface area (Å²) in [5, 5.41) is 5.84. The lowest BCUT2D eigenvalue weighted by atomic mass is 10.1. The molecule has 0 radical (unpaired) electrons. The van der Waals surface area contributed by atoms with E-state index in [1.807, 2.05) is 13.0 Å². The first-order valence-corrected chi connectivity index (χ1v) is 13.4. The van der Waals surface area contributed by atoms with Crippen molar-refractivity contribution in [1.82, 2.24) is 5.32 Å². The Morgan fingerprint density at radius 3 is 2.56 bits per heavy atom. The zero-order chi connectivity index (χ0) is 28.1. The van der Waals surface area contributed by atoms with Crippen molar-refractivity contribution in [2.75, 3.05) is 23.4 Å². The highest BCUT2D eigenvalue weighted by atomic mass is 79.9. The molecule has 0 aliphatic carbocycles. The van der Waals surface area contributed by atoms with Crippen LogP contribution in [0.25, 0.3) is 6.08 Å². The molecule has 1 fully saturated rings. The van der Waals surface area contributed by atoms with Gasteiger partial charge in [-0.25, -0.2) is 0 Å². The fourth-order valence-electron chi connectivity index (χ4n) is 3.72. The average molecular weight is 629 g/mol. The highest BCUT2D eigenvalue weighted by Crippen LogP contribution is 2.38. The Kier molecular flexibility index (Phi) is 9.01. The molecule has 3 aromatic carbocycles. The van der Waals surface area contributed by atoms with Crippen molar-refractivity contribution in [2.24, 2.45) is 0 Å². The number of hydrogen-bond donors (Lipinski definition) is 2. The number of carbonyl (C=O) groups is 3. The summed E-state index contributed by atoms with van der Waals surface area (Å²) >= 11 is 14.8. The SMILES string of the molecule is CCOc1cc(/C=C2/C(=O)NC(=S)N(c3ccccc3)C2=O)cc(Br)c1OCC(=O)Nc1ccc(C)c(Cl)c1. The van der Waals surface area contributed by atoms with Crippen LogP contribution in [-0.2, 0) is 14.4 Å². The quantitative estimate of drug-likeness (QED) is 0.190. The van der Waals surface area contributed by atoms with E-state index in [2.05, 4.69) is 26.6 Å². The van der Waals surface area contributed by atoms with Crippen molar-refractivity contribution in [3.8, 4) is 11.5 Å². The van der Waals surface area contributed by atoms with E-state index in [-0.39, 0.29) is 17.3 Å². The van der Waals surface area contributed by atoms with Gasteiger partial charge >= 0.3 is 0 Å². The van der Waals surface area contributed by atoms with E-state index in [1.54, 1.807) is 61.5 Å². The largest absolute Gasteiger partial charge is 0.490 e. The van der Waals surface area contributed by atoms with Crippen LogP contribution in [0, 0.1) is 6.92 Å².